The first-order valence-corrected chi connectivity index (χ1v) is 11.6. The first-order chi connectivity index (χ1) is 18.5. The molecule has 1 aliphatic rings. The molecule has 2 aromatic carbocycles. The maximum Gasteiger partial charge on any atom is 0.186 e. The smallest absolute Gasteiger partial charge is 0.186 e. The van der Waals surface area contributed by atoms with Crippen molar-refractivity contribution in [1.82, 2.24) is 9.97 Å². The van der Waals surface area contributed by atoms with Crippen molar-refractivity contribution in [3.05, 3.63) is 60.5 Å². The van der Waals surface area contributed by atoms with E-state index in [1.54, 1.807) is 31.4 Å². The van der Waals surface area contributed by atoms with Crippen LogP contribution in [-0.2, 0) is 14.3 Å². The summed E-state index contributed by atoms with van der Waals surface area (Å²) in [5, 5.41) is 3.79. The van der Waals surface area contributed by atoms with E-state index in [9.17, 15) is 18.4 Å². The molecule has 0 fully saturated rings. The summed E-state index contributed by atoms with van der Waals surface area (Å²) in [6, 6.07) is 8.06. The van der Waals surface area contributed by atoms with E-state index in [0.29, 0.717) is 47.1 Å². The Balaban J connectivity index is 1.73. The number of halogens is 2. The number of ketones is 2. The second-order valence-corrected chi connectivity index (χ2v) is 8.13. The molecule has 4 rings (SSSR count). The number of anilines is 2. The highest BCUT2D eigenvalue weighted by Gasteiger charge is 2.22. The van der Waals surface area contributed by atoms with Crippen LogP contribution in [0.2, 0.25) is 0 Å². The van der Waals surface area contributed by atoms with Crippen LogP contribution in [0.25, 0.3) is 16.5 Å². The number of hydrogen-bond donors (Lipinski definition) is 1. The number of nitrogens with zero attached hydrogens (tertiary/aromatic N) is 2. The average molecular weight is 526 g/mol. The van der Waals surface area contributed by atoms with Crippen LogP contribution in [0.5, 0.6) is 17.2 Å². The van der Waals surface area contributed by atoms with Gasteiger partial charge in [-0.1, -0.05) is 0 Å². The number of aromatic nitrogens is 2. The topological polar surface area (TPSA) is 109 Å². The van der Waals surface area contributed by atoms with Crippen molar-refractivity contribution >= 4 is 39.5 Å². The van der Waals surface area contributed by atoms with Crippen molar-refractivity contribution in [2.75, 3.05) is 46.1 Å². The van der Waals surface area contributed by atoms with Crippen molar-refractivity contribution in [2.24, 2.45) is 0 Å². The number of carbonyl (C=O) groups excluding carboxylic acids is 2. The summed E-state index contributed by atoms with van der Waals surface area (Å²) in [6.45, 7) is -1.40. The van der Waals surface area contributed by atoms with E-state index in [0.717, 1.165) is 18.2 Å². The van der Waals surface area contributed by atoms with E-state index in [1.165, 1.54) is 19.5 Å². The number of carbonyl (C=O) groups is 2. The van der Waals surface area contributed by atoms with Gasteiger partial charge >= 0.3 is 0 Å². The SMILES string of the molecule is COCCOc1cc2ncnc(Nc3ccc(OC(CF)CF)c(C4=CC(=O)C=CC4=O)c3)c2cc1OC. The molecule has 0 spiro atoms. The van der Waals surface area contributed by atoms with Gasteiger partial charge in [0.2, 0.25) is 0 Å². The van der Waals surface area contributed by atoms with E-state index in [4.69, 9.17) is 18.9 Å². The normalized spacial score (nSPS) is 13.1. The van der Waals surface area contributed by atoms with E-state index < -0.39 is 31.0 Å². The van der Waals surface area contributed by atoms with Gasteiger partial charge in [0.15, 0.2) is 29.2 Å². The fraction of sp³-hybridized carbons (Fsp3) is 0.259. The van der Waals surface area contributed by atoms with Crippen LogP contribution in [-0.4, -0.2) is 68.4 Å². The number of rotatable bonds is 12. The Bertz CT molecular complexity index is 1410. The predicted octanol–water partition coefficient (Wildman–Crippen LogP) is 4.19. The lowest BCUT2D eigenvalue weighted by Gasteiger charge is -2.19. The van der Waals surface area contributed by atoms with E-state index in [2.05, 4.69) is 15.3 Å². The molecule has 0 saturated carbocycles. The lowest BCUT2D eigenvalue weighted by molar-refractivity contribution is -0.113. The van der Waals surface area contributed by atoms with Gasteiger partial charge in [0.05, 0.1) is 19.2 Å². The summed E-state index contributed by atoms with van der Waals surface area (Å²) in [6.07, 6.45) is 3.47. The first kappa shape index (κ1) is 26.7. The van der Waals surface area contributed by atoms with Crippen LogP contribution in [0, 0.1) is 0 Å². The molecule has 1 aromatic heterocycles. The van der Waals surface area contributed by atoms with Crippen LogP contribution in [0.1, 0.15) is 5.56 Å². The van der Waals surface area contributed by atoms with E-state index in [1.807, 2.05) is 0 Å². The molecule has 0 amide bonds. The van der Waals surface area contributed by atoms with Gasteiger partial charge in [-0.3, -0.25) is 9.59 Å². The quantitative estimate of drug-likeness (QED) is 0.275. The summed E-state index contributed by atoms with van der Waals surface area (Å²) in [7, 11) is 3.09. The van der Waals surface area contributed by atoms with Gasteiger partial charge in [-0.15, -0.1) is 0 Å². The number of hydrogen-bond acceptors (Lipinski definition) is 9. The Hall–Kier alpha value is -4.38. The maximum absolute atomic E-state index is 13.2. The number of nitrogens with one attached hydrogen (secondary N) is 1. The monoisotopic (exact) mass is 525 g/mol. The zero-order valence-corrected chi connectivity index (χ0v) is 20.7. The zero-order chi connectivity index (χ0) is 27.1. The average Bonchev–Trinajstić information content (AvgIpc) is 2.93. The van der Waals surface area contributed by atoms with Crippen molar-refractivity contribution < 1.29 is 37.3 Å². The van der Waals surface area contributed by atoms with Gasteiger partial charge in [-0.2, -0.15) is 0 Å². The molecule has 0 aliphatic heterocycles. The zero-order valence-electron chi connectivity index (χ0n) is 20.7. The standard InChI is InChI=1S/C27H25F2N3O6/c1-35-7-8-37-26-12-22-21(11-25(26)36-2)27(31-15-30-22)32-16-3-6-24(38-18(13-28)14-29)20(9-16)19-10-17(33)4-5-23(19)34/h3-6,9-12,15,18H,7-8,13-14H2,1-2H3,(H,30,31,32). The molecule has 0 atom stereocenters. The number of methoxy groups -OCH3 is 2. The van der Waals surface area contributed by atoms with Gasteiger partial charge in [0, 0.05) is 35.4 Å². The molecule has 38 heavy (non-hydrogen) atoms. The Kier molecular flexibility index (Phi) is 8.59. The van der Waals surface area contributed by atoms with E-state index >= 15 is 0 Å². The molecule has 1 heterocycles. The summed E-state index contributed by atoms with van der Waals surface area (Å²) in [5.74, 6) is 0.590. The van der Waals surface area contributed by atoms with Gasteiger partial charge in [0.1, 0.15) is 37.9 Å². The maximum atomic E-state index is 13.2. The highest BCUT2D eigenvalue weighted by molar-refractivity contribution is 6.34. The molecule has 3 aromatic rings. The molecule has 198 valence electrons. The Morgan fingerprint density at radius 3 is 2.50 bits per heavy atom. The van der Waals surface area contributed by atoms with Gasteiger partial charge in [-0.25, -0.2) is 18.7 Å². The molecule has 0 saturated heterocycles. The molecular weight excluding hydrogens is 500 g/mol. The second kappa shape index (κ2) is 12.2. The fourth-order valence-corrected chi connectivity index (χ4v) is 3.73. The number of benzene rings is 2. The number of allylic oxidation sites excluding steroid dienone is 4. The molecule has 0 radical (unpaired) electrons. The lowest BCUT2D eigenvalue weighted by Crippen LogP contribution is -2.22. The van der Waals surface area contributed by atoms with Gasteiger partial charge in [-0.05, 0) is 42.5 Å². The molecule has 9 nitrogen and oxygen atoms in total. The largest absolute Gasteiger partial charge is 0.493 e. The fourth-order valence-electron chi connectivity index (χ4n) is 3.73. The number of ether oxygens (including phenoxy) is 4. The van der Waals surface area contributed by atoms with Crippen LogP contribution in [0.4, 0.5) is 20.3 Å². The third-order valence-electron chi connectivity index (χ3n) is 5.59. The first-order valence-electron chi connectivity index (χ1n) is 11.6. The Morgan fingerprint density at radius 2 is 1.76 bits per heavy atom. The minimum absolute atomic E-state index is 0.0414. The molecule has 1 aliphatic carbocycles. The molecule has 0 bridgehead atoms. The number of alkyl halides is 2. The lowest BCUT2D eigenvalue weighted by atomic mass is 9.95. The molecule has 0 unspecified atom stereocenters. The third kappa shape index (κ3) is 5.94. The predicted molar refractivity (Wildman–Crippen MR) is 137 cm³/mol. The summed E-state index contributed by atoms with van der Waals surface area (Å²) in [5.41, 5.74) is 1.29. The van der Waals surface area contributed by atoms with Crippen LogP contribution in [0.3, 0.4) is 0 Å². The van der Waals surface area contributed by atoms with Crippen LogP contribution >= 0.6 is 0 Å². The second-order valence-electron chi connectivity index (χ2n) is 8.13. The van der Waals surface area contributed by atoms with Crippen molar-refractivity contribution in [3.8, 4) is 17.2 Å². The van der Waals surface area contributed by atoms with E-state index in [-0.39, 0.29) is 16.9 Å². The summed E-state index contributed by atoms with van der Waals surface area (Å²) < 4.78 is 48.1. The molecule has 1 N–H and O–H groups in total. The van der Waals surface area contributed by atoms with Crippen molar-refractivity contribution in [2.45, 2.75) is 6.10 Å². The minimum Gasteiger partial charge on any atom is -0.493 e. The highest BCUT2D eigenvalue weighted by atomic mass is 19.1. The Labute approximate surface area is 217 Å². The molecular formula is C27H25F2N3O6. The van der Waals surface area contributed by atoms with Crippen LogP contribution < -0.4 is 19.5 Å². The highest BCUT2D eigenvalue weighted by Crippen LogP contribution is 2.36. The Morgan fingerprint density at radius 1 is 0.947 bits per heavy atom. The minimum atomic E-state index is -1.35. The van der Waals surface area contributed by atoms with Crippen molar-refractivity contribution in [1.29, 1.82) is 0 Å². The van der Waals surface area contributed by atoms with Gasteiger partial charge in [0.25, 0.3) is 0 Å². The number of fused-ring (bicyclic) bond motifs is 1. The summed E-state index contributed by atoms with van der Waals surface area (Å²) >= 11 is 0. The third-order valence-corrected chi connectivity index (χ3v) is 5.59. The molecule has 11 heteroatoms. The van der Waals surface area contributed by atoms with Gasteiger partial charge < -0.3 is 24.3 Å². The van der Waals surface area contributed by atoms with Crippen LogP contribution in [0.15, 0.2) is 54.9 Å². The van der Waals surface area contributed by atoms with Crippen molar-refractivity contribution in [3.63, 3.8) is 0 Å². The summed E-state index contributed by atoms with van der Waals surface area (Å²) in [4.78, 5) is 33.2.